The number of nitrogens with one attached hydrogen (secondary N) is 1. The van der Waals surface area contributed by atoms with E-state index in [0.717, 1.165) is 6.07 Å². The fourth-order valence-electron chi connectivity index (χ4n) is 4.77. The van der Waals surface area contributed by atoms with E-state index in [4.69, 9.17) is 16.3 Å². The molecule has 1 N–H and O–H groups in total. The minimum atomic E-state index is -3.88. The molecule has 190 valence electrons. The second-order valence-electron chi connectivity index (χ2n) is 10.3. The molecule has 1 aromatic rings. The monoisotopic (exact) mass is 517 g/mol. The first-order valence-electron chi connectivity index (χ1n) is 11.4. The fourth-order valence-corrected chi connectivity index (χ4v) is 6.64. The zero-order chi connectivity index (χ0) is 25.3. The number of hydrogen-bond donors (Lipinski definition) is 1. The molecule has 1 aliphatic carbocycles. The molecule has 1 saturated heterocycles. The van der Waals surface area contributed by atoms with Gasteiger partial charge in [-0.1, -0.05) is 12.1 Å². The van der Waals surface area contributed by atoms with Gasteiger partial charge in [-0.2, -0.15) is 4.31 Å². The Hall–Kier alpha value is -1.91. The van der Waals surface area contributed by atoms with Gasteiger partial charge in [0.05, 0.1) is 0 Å². The quantitative estimate of drug-likeness (QED) is 0.533. The Labute approximate surface area is 205 Å². The Bertz CT molecular complexity index is 1020. The van der Waals surface area contributed by atoms with Crippen LogP contribution in [0, 0.1) is 11.2 Å². The second kappa shape index (κ2) is 9.99. The van der Waals surface area contributed by atoms with Gasteiger partial charge in [-0.25, -0.2) is 17.6 Å². The minimum Gasteiger partial charge on any atom is -0.444 e. The van der Waals surface area contributed by atoms with E-state index < -0.39 is 27.5 Å². The van der Waals surface area contributed by atoms with Crippen molar-refractivity contribution in [2.45, 2.75) is 69.5 Å². The number of carbonyl (C=O) groups is 2. The van der Waals surface area contributed by atoms with Gasteiger partial charge in [0.25, 0.3) is 0 Å². The van der Waals surface area contributed by atoms with Crippen molar-refractivity contribution >= 4 is 33.6 Å². The van der Waals surface area contributed by atoms with Gasteiger partial charge in [0.1, 0.15) is 22.2 Å². The molecule has 1 atom stereocenters. The SMILES string of the molecule is C[C@H](CCNC(=O)OC(C)(C)C)N(C(=O)CCl)C1CC2(C1)CN(S(=O)(=O)c1ccccc1F)C2. The van der Waals surface area contributed by atoms with Crippen molar-refractivity contribution in [3.8, 4) is 0 Å². The molecule has 34 heavy (non-hydrogen) atoms. The average molecular weight is 518 g/mol. The van der Waals surface area contributed by atoms with Crippen molar-refractivity contribution in [2.24, 2.45) is 5.41 Å². The molecule has 3 rings (SSSR count). The van der Waals surface area contributed by atoms with E-state index in [2.05, 4.69) is 5.32 Å². The summed E-state index contributed by atoms with van der Waals surface area (Å²) in [7, 11) is -3.88. The van der Waals surface area contributed by atoms with Crippen LogP contribution in [0.3, 0.4) is 0 Å². The van der Waals surface area contributed by atoms with E-state index in [1.165, 1.54) is 22.5 Å². The molecule has 2 fully saturated rings. The van der Waals surface area contributed by atoms with Crippen LogP contribution in [0.2, 0.25) is 0 Å². The third-order valence-corrected chi connectivity index (χ3v) is 8.37. The molecule has 0 aromatic heterocycles. The number of hydrogen-bond acceptors (Lipinski definition) is 5. The average Bonchev–Trinajstić information content (AvgIpc) is 2.66. The highest BCUT2D eigenvalue weighted by Gasteiger charge is 2.57. The molecule has 1 aliphatic heterocycles. The third-order valence-electron chi connectivity index (χ3n) is 6.32. The molecule has 0 bridgehead atoms. The van der Waals surface area contributed by atoms with Crippen LogP contribution in [-0.2, 0) is 19.6 Å². The number of amides is 2. The van der Waals surface area contributed by atoms with Gasteiger partial charge in [0.2, 0.25) is 15.9 Å². The number of alkyl halides is 1. The van der Waals surface area contributed by atoms with Crippen LogP contribution in [-0.4, -0.2) is 72.8 Å². The molecule has 1 heterocycles. The van der Waals surface area contributed by atoms with Gasteiger partial charge in [-0.05, 0) is 59.1 Å². The lowest BCUT2D eigenvalue weighted by molar-refractivity contribution is -0.145. The number of rotatable bonds is 8. The van der Waals surface area contributed by atoms with Crippen LogP contribution in [0.5, 0.6) is 0 Å². The van der Waals surface area contributed by atoms with Crippen molar-refractivity contribution < 1.29 is 27.1 Å². The van der Waals surface area contributed by atoms with E-state index >= 15 is 0 Å². The normalized spacial score (nSPS) is 19.1. The van der Waals surface area contributed by atoms with Gasteiger partial charge < -0.3 is 15.0 Å². The molecule has 1 saturated carbocycles. The molecule has 2 aliphatic rings. The van der Waals surface area contributed by atoms with E-state index in [1.54, 1.807) is 25.7 Å². The maximum atomic E-state index is 14.0. The van der Waals surface area contributed by atoms with Crippen molar-refractivity contribution in [3.05, 3.63) is 30.1 Å². The molecule has 8 nitrogen and oxygen atoms in total. The van der Waals surface area contributed by atoms with E-state index in [1.807, 2.05) is 6.92 Å². The summed E-state index contributed by atoms with van der Waals surface area (Å²) < 4.78 is 46.1. The van der Waals surface area contributed by atoms with Crippen molar-refractivity contribution in [1.29, 1.82) is 0 Å². The number of ether oxygens (including phenoxy) is 1. The molecular weight excluding hydrogens is 485 g/mol. The summed E-state index contributed by atoms with van der Waals surface area (Å²) in [6.07, 6.45) is 1.33. The maximum absolute atomic E-state index is 14.0. The molecular formula is C23H33ClFN3O5S. The summed E-state index contributed by atoms with van der Waals surface area (Å²) in [5, 5.41) is 2.70. The van der Waals surface area contributed by atoms with E-state index in [-0.39, 0.29) is 34.2 Å². The van der Waals surface area contributed by atoms with E-state index in [9.17, 15) is 22.4 Å². The smallest absolute Gasteiger partial charge is 0.407 e. The largest absolute Gasteiger partial charge is 0.444 e. The van der Waals surface area contributed by atoms with Gasteiger partial charge in [-0.3, -0.25) is 4.79 Å². The second-order valence-corrected chi connectivity index (χ2v) is 12.4. The maximum Gasteiger partial charge on any atom is 0.407 e. The predicted octanol–water partition coefficient (Wildman–Crippen LogP) is 3.35. The zero-order valence-corrected chi connectivity index (χ0v) is 21.6. The first-order chi connectivity index (χ1) is 15.8. The molecule has 2 amide bonds. The lowest BCUT2D eigenvalue weighted by Crippen LogP contribution is -2.68. The molecule has 11 heteroatoms. The zero-order valence-electron chi connectivity index (χ0n) is 20.0. The van der Waals surface area contributed by atoms with Crippen LogP contribution < -0.4 is 5.32 Å². The van der Waals surface area contributed by atoms with Gasteiger partial charge in [0.15, 0.2) is 0 Å². The van der Waals surface area contributed by atoms with Crippen molar-refractivity contribution in [2.75, 3.05) is 25.5 Å². The Morgan fingerprint density at radius 3 is 2.47 bits per heavy atom. The van der Waals surface area contributed by atoms with Crippen LogP contribution in [0.15, 0.2) is 29.2 Å². The molecule has 1 spiro atoms. The summed E-state index contributed by atoms with van der Waals surface area (Å²) >= 11 is 5.85. The first-order valence-corrected chi connectivity index (χ1v) is 13.3. The standard InChI is InChI=1S/C23H33ClFN3O5S/c1-16(9-10-26-21(30)33-22(2,3)4)28(20(29)13-24)17-11-23(12-17)14-27(15-23)34(31,32)19-8-6-5-7-18(19)25/h5-8,16-17H,9-15H2,1-4H3,(H,26,30)/t16-/m1/s1. The topological polar surface area (TPSA) is 96.0 Å². The third kappa shape index (κ3) is 5.83. The summed E-state index contributed by atoms with van der Waals surface area (Å²) in [6, 6.07) is 5.14. The highest BCUT2D eigenvalue weighted by atomic mass is 35.5. The molecule has 1 aromatic carbocycles. The predicted molar refractivity (Wildman–Crippen MR) is 126 cm³/mol. The van der Waals surface area contributed by atoms with Gasteiger partial charge >= 0.3 is 6.09 Å². The summed E-state index contributed by atoms with van der Waals surface area (Å²) in [5.41, 5.74) is -0.796. The summed E-state index contributed by atoms with van der Waals surface area (Å²) in [5.74, 6) is -1.11. The van der Waals surface area contributed by atoms with Crippen molar-refractivity contribution in [3.63, 3.8) is 0 Å². The number of benzene rings is 1. The number of halogens is 2. The number of carbonyl (C=O) groups excluding carboxylic acids is 2. The Kier molecular flexibility index (Phi) is 7.84. The van der Waals surface area contributed by atoms with E-state index in [0.29, 0.717) is 38.9 Å². The van der Waals surface area contributed by atoms with Gasteiger partial charge in [-0.15, -0.1) is 11.6 Å². The van der Waals surface area contributed by atoms with Crippen LogP contribution in [0.25, 0.3) is 0 Å². The summed E-state index contributed by atoms with van der Waals surface area (Å²) in [6.45, 7) is 8.20. The number of sulfonamides is 1. The minimum absolute atomic E-state index is 0.0545. The highest BCUT2D eigenvalue weighted by molar-refractivity contribution is 7.89. The Balaban J connectivity index is 1.54. The van der Waals surface area contributed by atoms with Crippen molar-refractivity contribution in [1.82, 2.24) is 14.5 Å². The van der Waals surface area contributed by atoms with Crippen LogP contribution in [0.1, 0.15) is 47.0 Å². The Morgan fingerprint density at radius 2 is 1.91 bits per heavy atom. The summed E-state index contributed by atoms with van der Waals surface area (Å²) in [4.78, 5) is 25.9. The highest BCUT2D eigenvalue weighted by Crippen LogP contribution is 2.52. The number of nitrogens with zero attached hydrogens (tertiary/aromatic N) is 2. The molecule has 0 unspecified atom stereocenters. The lowest BCUT2D eigenvalue weighted by atomic mass is 9.61. The van der Waals surface area contributed by atoms with Crippen LogP contribution >= 0.6 is 11.6 Å². The first kappa shape index (κ1) is 26.7. The fraction of sp³-hybridized carbons (Fsp3) is 0.652. The number of alkyl carbamates (subject to hydrolysis) is 1. The van der Waals surface area contributed by atoms with Crippen LogP contribution in [0.4, 0.5) is 9.18 Å². The lowest BCUT2D eigenvalue weighted by Gasteiger charge is -2.60. The Morgan fingerprint density at radius 1 is 1.29 bits per heavy atom. The molecule has 0 radical (unpaired) electrons. The van der Waals surface area contributed by atoms with Gasteiger partial charge in [0, 0.05) is 37.1 Å².